The predicted octanol–water partition coefficient (Wildman–Crippen LogP) is 4.75. The summed E-state index contributed by atoms with van der Waals surface area (Å²) in [5, 5.41) is 3.50. The lowest BCUT2D eigenvalue weighted by molar-refractivity contribution is 0.204. The topological polar surface area (TPSA) is 67.2 Å². The fourth-order valence-corrected chi connectivity index (χ4v) is 3.59. The third-order valence-electron chi connectivity index (χ3n) is 4.95. The van der Waals surface area contributed by atoms with Crippen molar-refractivity contribution in [3.05, 3.63) is 64.7 Å². The van der Waals surface area contributed by atoms with Crippen LogP contribution in [-0.4, -0.2) is 33.8 Å². The molecule has 0 aliphatic rings. The van der Waals surface area contributed by atoms with Gasteiger partial charge in [-0.3, -0.25) is 9.36 Å². The molecule has 1 heterocycles. The van der Waals surface area contributed by atoms with E-state index in [9.17, 15) is 9.59 Å². The van der Waals surface area contributed by atoms with Gasteiger partial charge in [0.15, 0.2) is 0 Å². The average Bonchev–Trinajstić information content (AvgIpc) is 2.75. The van der Waals surface area contributed by atoms with Crippen LogP contribution in [0.3, 0.4) is 0 Å². The van der Waals surface area contributed by atoms with Gasteiger partial charge in [0, 0.05) is 24.2 Å². The summed E-state index contributed by atoms with van der Waals surface area (Å²) < 4.78 is 1.68. The van der Waals surface area contributed by atoms with Crippen LogP contribution in [0, 0.1) is 0 Å². The number of anilines is 1. The summed E-state index contributed by atoms with van der Waals surface area (Å²) in [7, 11) is 1.72. The Morgan fingerprint density at radius 1 is 1.21 bits per heavy atom. The minimum atomic E-state index is -0.371. The predicted molar refractivity (Wildman–Crippen MR) is 120 cm³/mol. The van der Waals surface area contributed by atoms with Gasteiger partial charge in [-0.25, -0.2) is 9.78 Å². The van der Waals surface area contributed by atoms with Gasteiger partial charge in [0.25, 0.3) is 5.56 Å². The summed E-state index contributed by atoms with van der Waals surface area (Å²) in [5.41, 5.74) is 1.30. The third kappa shape index (κ3) is 4.45. The summed E-state index contributed by atoms with van der Waals surface area (Å²) >= 11 is 1.65. The number of rotatable bonds is 6. The van der Waals surface area contributed by atoms with Gasteiger partial charge >= 0.3 is 6.03 Å². The SMILES string of the molecule is CCCn1c(C(C)N(C)C(=O)Nc2ccc(SC)cc2)nc2ccccc2c1=O. The number of carbonyl (C=O) groups excluding carboxylic acids is 1. The van der Waals surface area contributed by atoms with Gasteiger partial charge in [-0.05, 0) is 56.0 Å². The highest BCUT2D eigenvalue weighted by molar-refractivity contribution is 7.98. The molecule has 0 saturated carbocycles. The minimum Gasteiger partial charge on any atom is -0.318 e. The highest BCUT2D eigenvalue weighted by Crippen LogP contribution is 2.21. The number of carbonyl (C=O) groups is 1. The molecule has 0 saturated heterocycles. The summed E-state index contributed by atoms with van der Waals surface area (Å²) in [6, 6.07) is 14.4. The van der Waals surface area contributed by atoms with E-state index in [2.05, 4.69) is 5.32 Å². The van der Waals surface area contributed by atoms with Crippen LogP contribution in [0.25, 0.3) is 10.9 Å². The van der Waals surface area contributed by atoms with Crippen LogP contribution in [0.4, 0.5) is 10.5 Å². The van der Waals surface area contributed by atoms with Crippen molar-refractivity contribution < 1.29 is 4.79 Å². The summed E-state index contributed by atoms with van der Waals surface area (Å²) in [4.78, 5) is 33.2. The number of urea groups is 1. The first-order valence-corrected chi connectivity index (χ1v) is 10.9. The molecule has 2 aromatic carbocycles. The van der Waals surface area contributed by atoms with Crippen molar-refractivity contribution in [3.8, 4) is 0 Å². The zero-order valence-electron chi connectivity index (χ0n) is 17.2. The van der Waals surface area contributed by atoms with Gasteiger partial charge in [0.2, 0.25) is 0 Å². The molecule has 3 rings (SSSR count). The molecule has 1 N–H and O–H groups in total. The average molecular weight is 411 g/mol. The Labute approximate surface area is 174 Å². The molecule has 1 atom stereocenters. The van der Waals surface area contributed by atoms with E-state index in [0.717, 1.165) is 17.0 Å². The van der Waals surface area contributed by atoms with E-state index in [1.165, 1.54) is 0 Å². The normalized spacial score (nSPS) is 12.0. The quantitative estimate of drug-likeness (QED) is 0.595. The Morgan fingerprint density at radius 3 is 2.55 bits per heavy atom. The Kier molecular flexibility index (Phi) is 6.59. The molecular weight excluding hydrogens is 384 g/mol. The molecule has 2 amide bonds. The van der Waals surface area contributed by atoms with Gasteiger partial charge < -0.3 is 10.2 Å². The van der Waals surface area contributed by atoms with Gasteiger partial charge in [0.05, 0.1) is 16.9 Å². The van der Waals surface area contributed by atoms with Crippen LogP contribution in [0.5, 0.6) is 0 Å². The van der Waals surface area contributed by atoms with Crippen LogP contribution >= 0.6 is 11.8 Å². The Bertz CT molecular complexity index is 1060. The highest BCUT2D eigenvalue weighted by Gasteiger charge is 2.23. The molecule has 0 spiro atoms. The molecule has 1 unspecified atom stereocenters. The second-order valence-corrected chi connectivity index (χ2v) is 7.77. The lowest BCUT2D eigenvalue weighted by atomic mass is 10.2. The molecule has 3 aromatic rings. The Morgan fingerprint density at radius 2 is 1.90 bits per heavy atom. The van der Waals surface area contributed by atoms with Gasteiger partial charge in [-0.1, -0.05) is 19.1 Å². The molecule has 6 nitrogen and oxygen atoms in total. The molecular formula is C22H26N4O2S. The standard InChI is InChI=1S/C22H26N4O2S/c1-5-14-26-20(24-19-9-7-6-8-18(19)21(26)27)15(2)25(3)22(28)23-16-10-12-17(29-4)13-11-16/h6-13,15H,5,14H2,1-4H3,(H,23,28). The van der Waals surface area contributed by atoms with E-state index in [0.29, 0.717) is 23.3 Å². The minimum absolute atomic E-state index is 0.0687. The van der Waals surface area contributed by atoms with E-state index >= 15 is 0 Å². The fourth-order valence-electron chi connectivity index (χ4n) is 3.18. The van der Waals surface area contributed by atoms with Crippen molar-refractivity contribution in [1.29, 1.82) is 0 Å². The maximum atomic E-state index is 13.0. The number of hydrogen-bond donors (Lipinski definition) is 1. The van der Waals surface area contributed by atoms with E-state index in [1.54, 1.807) is 34.3 Å². The maximum Gasteiger partial charge on any atom is 0.322 e. The number of thioether (sulfide) groups is 1. The number of para-hydroxylation sites is 1. The van der Waals surface area contributed by atoms with E-state index in [4.69, 9.17) is 4.98 Å². The lowest BCUT2D eigenvalue weighted by Gasteiger charge is -2.27. The van der Waals surface area contributed by atoms with Crippen molar-refractivity contribution in [2.45, 2.75) is 37.8 Å². The molecule has 0 aliphatic heterocycles. The summed E-state index contributed by atoms with van der Waals surface area (Å²) in [5.74, 6) is 0.589. The summed E-state index contributed by atoms with van der Waals surface area (Å²) in [6.45, 7) is 4.46. The van der Waals surface area contributed by atoms with Crippen molar-refractivity contribution in [2.24, 2.45) is 0 Å². The number of amides is 2. The molecule has 152 valence electrons. The Hall–Kier alpha value is -2.80. The summed E-state index contributed by atoms with van der Waals surface area (Å²) in [6.07, 6.45) is 2.81. The monoisotopic (exact) mass is 410 g/mol. The van der Waals surface area contributed by atoms with E-state index in [-0.39, 0.29) is 17.6 Å². The number of aromatic nitrogens is 2. The Balaban J connectivity index is 1.90. The number of nitrogens with one attached hydrogen (secondary N) is 1. The second-order valence-electron chi connectivity index (χ2n) is 6.89. The zero-order valence-corrected chi connectivity index (χ0v) is 18.0. The van der Waals surface area contributed by atoms with Crippen LogP contribution in [0.15, 0.2) is 58.2 Å². The van der Waals surface area contributed by atoms with Crippen LogP contribution in [0.2, 0.25) is 0 Å². The van der Waals surface area contributed by atoms with Crippen LogP contribution in [-0.2, 0) is 6.54 Å². The van der Waals surface area contributed by atoms with Crippen molar-refractivity contribution >= 4 is 34.4 Å². The molecule has 29 heavy (non-hydrogen) atoms. The van der Waals surface area contributed by atoms with Crippen molar-refractivity contribution in [2.75, 3.05) is 18.6 Å². The molecule has 7 heteroatoms. The molecule has 1 aromatic heterocycles. The molecule has 0 aliphatic carbocycles. The first-order valence-electron chi connectivity index (χ1n) is 9.63. The van der Waals surface area contributed by atoms with Crippen LogP contribution in [0.1, 0.15) is 32.1 Å². The third-order valence-corrected chi connectivity index (χ3v) is 5.70. The number of benzene rings is 2. The molecule has 0 radical (unpaired) electrons. The largest absolute Gasteiger partial charge is 0.322 e. The van der Waals surface area contributed by atoms with Gasteiger partial charge in [-0.2, -0.15) is 0 Å². The first-order chi connectivity index (χ1) is 14.0. The fraction of sp³-hybridized carbons (Fsp3) is 0.318. The number of fused-ring (bicyclic) bond motifs is 1. The number of nitrogens with zero attached hydrogens (tertiary/aromatic N) is 3. The first kappa shape index (κ1) is 20.9. The van der Waals surface area contributed by atoms with Crippen LogP contribution < -0.4 is 10.9 Å². The lowest BCUT2D eigenvalue weighted by Crippen LogP contribution is -2.37. The smallest absolute Gasteiger partial charge is 0.318 e. The second kappa shape index (κ2) is 9.13. The number of hydrogen-bond acceptors (Lipinski definition) is 4. The van der Waals surface area contributed by atoms with Crippen molar-refractivity contribution in [3.63, 3.8) is 0 Å². The van der Waals surface area contributed by atoms with Crippen molar-refractivity contribution in [1.82, 2.24) is 14.5 Å². The zero-order chi connectivity index (χ0) is 21.0. The van der Waals surface area contributed by atoms with E-state index < -0.39 is 0 Å². The van der Waals surface area contributed by atoms with Gasteiger partial charge in [-0.15, -0.1) is 11.8 Å². The van der Waals surface area contributed by atoms with E-state index in [1.807, 2.05) is 62.6 Å². The maximum absolute atomic E-state index is 13.0. The molecule has 0 fully saturated rings. The molecule has 0 bridgehead atoms. The highest BCUT2D eigenvalue weighted by atomic mass is 32.2. The van der Waals surface area contributed by atoms with Gasteiger partial charge in [0.1, 0.15) is 5.82 Å².